The highest BCUT2D eigenvalue weighted by Crippen LogP contribution is 2.42. The number of nitrogens with one attached hydrogen (secondary N) is 1. The van der Waals surface area contributed by atoms with E-state index in [0.29, 0.717) is 58.6 Å². The molecular weight excluding hydrogens is 574 g/mol. The second-order valence-electron chi connectivity index (χ2n) is 12.3. The maximum atomic E-state index is 16.7. The largest absolute Gasteiger partial charge is 0.508 e. The topological polar surface area (TPSA) is 86.6 Å². The quantitative estimate of drug-likeness (QED) is 0.281. The molecule has 2 N–H and O–H groups in total. The van der Waals surface area contributed by atoms with Gasteiger partial charge in [-0.15, -0.1) is 0 Å². The number of fused-ring (bicyclic) bond motifs is 3. The van der Waals surface area contributed by atoms with E-state index < -0.39 is 17.5 Å². The van der Waals surface area contributed by atoms with E-state index in [9.17, 15) is 9.50 Å². The molecule has 3 fully saturated rings. The summed E-state index contributed by atoms with van der Waals surface area (Å²) in [6, 6.07) is 8.85. The highest BCUT2D eigenvalue weighted by molar-refractivity contribution is 6.36. The minimum atomic E-state index is -0.889. The summed E-state index contributed by atoms with van der Waals surface area (Å²) < 4.78 is 37.4. The number of phenols is 1. The number of aromatic hydroxyl groups is 1. The third-order valence-electron chi connectivity index (χ3n) is 9.29. The van der Waals surface area contributed by atoms with Crippen molar-refractivity contribution in [2.45, 2.75) is 63.3 Å². The molecule has 3 aliphatic rings. The summed E-state index contributed by atoms with van der Waals surface area (Å²) in [7, 11) is 0. The lowest BCUT2D eigenvalue weighted by molar-refractivity contribution is 0.107. The Labute approximate surface area is 254 Å². The predicted octanol–water partition coefficient (Wildman–Crippen LogP) is 5.88. The minimum Gasteiger partial charge on any atom is -0.508 e. The number of rotatable bonds is 6. The highest BCUT2D eigenvalue weighted by Gasteiger charge is 2.49. The van der Waals surface area contributed by atoms with Gasteiger partial charge in [0.2, 0.25) is 0 Å². The first-order chi connectivity index (χ1) is 20.7. The monoisotopic (exact) mass is 608 g/mol. The summed E-state index contributed by atoms with van der Waals surface area (Å²) in [6.07, 6.45) is 3.87. The lowest BCUT2D eigenvalue weighted by Crippen LogP contribution is -2.55. The number of piperazine rings is 1. The average Bonchev–Trinajstić information content (AvgIpc) is 3.51. The molecule has 0 aliphatic carbocycles. The Balaban J connectivity index is 1.36. The molecule has 3 saturated heterocycles. The number of ether oxygens (including phenoxy) is 1. The van der Waals surface area contributed by atoms with Crippen molar-refractivity contribution in [2.24, 2.45) is 0 Å². The molecular formula is C32H35ClF2N6O2. The summed E-state index contributed by atoms with van der Waals surface area (Å²) in [5, 5.41) is 16.2. The van der Waals surface area contributed by atoms with Crippen LogP contribution in [-0.4, -0.2) is 81.5 Å². The molecule has 8 nitrogen and oxygen atoms in total. The maximum Gasteiger partial charge on any atom is 0.319 e. The molecule has 0 unspecified atom stereocenters. The van der Waals surface area contributed by atoms with E-state index >= 15 is 4.39 Å². The average molecular weight is 609 g/mol. The number of hydrogen-bond acceptors (Lipinski definition) is 8. The number of benzene rings is 2. The fourth-order valence-corrected chi connectivity index (χ4v) is 7.60. The van der Waals surface area contributed by atoms with E-state index in [4.69, 9.17) is 21.3 Å². The Morgan fingerprint density at radius 2 is 2.07 bits per heavy atom. The van der Waals surface area contributed by atoms with Gasteiger partial charge < -0.3 is 20.1 Å². The summed E-state index contributed by atoms with van der Waals surface area (Å²) in [6.45, 7) is 7.09. The van der Waals surface area contributed by atoms with E-state index in [0.717, 1.165) is 25.8 Å². The molecule has 11 heteroatoms. The highest BCUT2D eigenvalue weighted by atomic mass is 35.5. The van der Waals surface area contributed by atoms with Crippen LogP contribution in [0.15, 0.2) is 36.5 Å². The van der Waals surface area contributed by atoms with Crippen molar-refractivity contribution in [1.29, 1.82) is 0 Å². The van der Waals surface area contributed by atoms with E-state index in [1.165, 1.54) is 6.07 Å². The number of anilines is 1. The molecule has 7 rings (SSSR count). The standard InChI is InChI=1S/C32H35ClF2N6O2/c1-3-21-16-40(14-18(2)37-21)30-24-13-36-28(23-11-22(42)10-19-6-4-7-25(33)26(19)23)27(35)29(24)38-31(39-30)43-17-32-8-5-9-41(32)15-20(34)12-32/h4,6-7,10-11,13,18,20-21,37,42H,3,5,8-9,12,14-17H2,1-2H3/t18-,20-,21-,32+/m1/s1. The molecule has 0 spiro atoms. The molecule has 4 atom stereocenters. The molecule has 0 saturated carbocycles. The molecule has 2 aromatic heterocycles. The van der Waals surface area contributed by atoms with Gasteiger partial charge in [0.1, 0.15) is 35.6 Å². The van der Waals surface area contributed by atoms with Gasteiger partial charge in [-0.2, -0.15) is 9.97 Å². The molecule has 0 radical (unpaired) electrons. The molecule has 3 aliphatic heterocycles. The number of phenolic OH excluding ortho intramolecular Hbond substituents is 1. The third kappa shape index (κ3) is 5.03. The minimum absolute atomic E-state index is 0.0221. The molecule has 2 aromatic carbocycles. The van der Waals surface area contributed by atoms with Crippen LogP contribution in [0.25, 0.3) is 32.9 Å². The Morgan fingerprint density at radius 3 is 2.91 bits per heavy atom. The van der Waals surface area contributed by atoms with Gasteiger partial charge in [0.25, 0.3) is 0 Å². The molecule has 226 valence electrons. The van der Waals surface area contributed by atoms with Crippen LogP contribution in [0.4, 0.5) is 14.6 Å². The van der Waals surface area contributed by atoms with Crippen molar-refractivity contribution >= 4 is 39.1 Å². The number of nitrogens with zero attached hydrogens (tertiary/aromatic N) is 5. The third-order valence-corrected chi connectivity index (χ3v) is 9.60. The van der Waals surface area contributed by atoms with E-state index in [1.54, 1.807) is 24.4 Å². The second kappa shape index (κ2) is 11.0. The van der Waals surface area contributed by atoms with Gasteiger partial charge >= 0.3 is 6.01 Å². The van der Waals surface area contributed by atoms with E-state index in [-0.39, 0.29) is 41.7 Å². The fourth-order valence-electron chi connectivity index (χ4n) is 7.31. The molecule has 0 amide bonds. The predicted molar refractivity (Wildman–Crippen MR) is 164 cm³/mol. The molecule has 5 heterocycles. The van der Waals surface area contributed by atoms with Crippen LogP contribution < -0.4 is 15.0 Å². The second-order valence-corrected chi connectivity index (χ2v) is 12.7. The van der Waals surface area contributed by atoms with Crippen molar-refractivity contribution in [3.8, 4) is 23.0 Å². The zero-order chi connectivity index (χ0) is 29.9. The fraction of sp³-hybridized carbons (Fsp3) is 0.469. The van der Waals surface area contributed by atoms with E-state index in [1.807, 2.05) is 6.07 Å². The van der Waals surface area contributed by atoms with Crippen LogP contribution in [0.3, 0.4) is 0 Å². The van der Waals surface area contributed by atoms with Gasteiger partial charge in [-0.1, -0.05) is 30.7 Å². The van der Waals surface area contributed by atoms with Gasteiger partial charge in [-0.3, -0.25) is 9.88 Å². The first-order valence-electron chi connectivity index (χ1n) is 15.1. The maximum absolute atomic E-state index is 16.7. The van der Waals surface area contributed by atoms with Crippen LogP contribution in [0.2, 0.25) is 5.02 Å². The van der Waals surface area contributed by atoms with Crippen molar-refractivity contribution in [3.63, 3.8) is 0 Å². The van der Waals surface area contributed by atoms with Crippen LogP contribution in [-0.2, 0) is 0 Å². The van der Waals surface area contributed by atoms with Crippen LogP contribution in [0, 0.1) is 5.82 Å². The normalized spacial score (nSPS) is 26.0. The summed E-state index contributed by atoms with van der Waals surface area (Å²) >= 11 is 6.56. The summed E-state index contributed by atoms with van der Waals surface area (Å²) in [5.41, 5.74) is 0.0654. The number of alkyl halides is 1. The number of aromatic nitrogens is 3. The smallest absolute Gasteiger partial charge is 0.319 e. The van der Waals surface area contributed by atoms with Gasteiger partial charge in [0, 0.05) is 60.3 Å². The Bertz CT molecular complexity index is 1710. The zero-order valence-electron chi connectivity index (χ0n) is 24.3. The molecule has 43 heavy (non-hydrogen) atoms. The lowest BCUT2D eigenvalue weighted by atomic mass is 9.95. The summed E-state index contributed by atoms with van der Waals surface area (Å²) in [5.74, 6) is -0.125. The van der Waals surface area contributed by atoms with Gasteiger partial charge in [-0.25, -0.2) is 8.78 Å². The first kappa shape index (κ1) is 28.4. The number of hydrogen-bond donors (Lipinski definition) is 2. The molecule has 0 bridgehead atoms. The van der Waals surface area contributed by atoms with Crippen molar-refractivity contribution in [3.05, 3.63) is 47.4 Å². The van der Waals surface area contributed by atoms with Gasteiger partial charge in [0.15, 0.2) is 5.82 Å². The lowest BCUT2D eigenvalue weighted by Gasteiger charge is -2.38. The van der Waals surface area contributed by atoms with Gasteiger partial charge in [0.05, 0.1) is 10.9 Å². The van der Waals surface area contributed by atoms with Crippen LogP contribution in [0.1, 0.15) is 39.5 Å². The van der Waals surface area contributed by atoms with E-state index in [2.05, 4.69) is 38.9 Å². The Morgan fingerprint density at radius 1 is 1.21 bits per heavy atom. The van der Waals surface area contributed by atoms with Crippen molar-refractivity contribution in [2.75, 3.05) is 37.7 Å². The van der Waals surface area contributed by atoms with Crippen molar-refractivity contribution in [1.82, 2.24) is 25.2 Å². The Kier molecular flexibility index (Phi) is 7.26. The molecule has 4 aromatic rings. The van der Waals surface area contributed by atoms with Crippen molar-refractivity contribution < 1.29 is 18.6 Å². The SMILES string of the molecule is CC[C@@H]1CN(c2nc(OC[C@@]34CCCN3C[C@H](F)C4)nc3c(F)c(-c4cc(O)cc5cccc(Cl)c45)ncc23)C[C@@H](C)N1. The number of pyridine rings is 1. The zero-order valence-corrected chi connectivity index (χ0v) is 25.0. The van der Waals surface area contributed by atoms with Gasteiger partial charge in [-0.05, 0) is 56.3 Å². The Hall–Kier alpha value is -3.34. The van der Waals surface area contributed by atoms with Crippen LogP contribution in [0.5, 0.6) is 11.8 Å². The summed E-state index contributed by atoms with van der Waals surface area (Å²) in [4.78, 5) is 18.3. The van der Waals surface area contributed by atoms with Crippen LogP contribution >= 0.6 is 11.6 Å². The first-order valence-corrected chi connectivity index (χ1v) is 15.4. The number of halogens is 3.